The van der Waals surface area contributed by atoms with Gasteiger partial charge in [0.1, 0.15) is 5.52 Å². The first-order valence-corrected chi connectivity index (χ1v) is 14.1. The minimum atomic E-state index is -0.0737. The predicted molar refractivity (Wildman–Crippen MR) is 149 cm³/mol. The molecule has 1 aromatic carbocycles. The maximum Gasteiger partial charge on any atom is 0.238 e. The molecule has 2 fully saturated rings. The second kappa shape index (κ2) is 11.1. The minimum absolute atomic E-state index is 0.0132. The Morgan fingerprint density at radius 2 is 1.95 bits per heavy atom. The van der Waals surface area contributed by atoms with Crippen LogP contribution in [0.3, 0.4) is 0 Å². The number of aryl methyl sites for hydroxylation is 1. The highest BCUT2D eigenvalue weighted by Crippen LogP contribution is 2.29. The number of carbonyl (C=O) groups is 2. The molecule has 4 aromatic rings. The van der Waals surface area contributed by atoms with Crippen molar-refractivity contribution in [3.05, 3.63) is 54.4 Å². The molecule has 6 rings (SSSR count). The maximum atomic E-state index is 12.7. The van der Waals surface area contributed by atoms with Crippen LogP contribution in [0.5, 0.6) is 0 Å². The molecule has 2 aliphatic heterocycles. The van der Waals surface area contributed by atoms with E-state index in [2.05, 4.69) is 30.8 Å². The molecule has 3 aromatic heterocycles. The fraction of sp³-hybridized carbons (Fsp3) is 0.370. The third kappa shape index (κ3) is 5.91. The van der Waals surface area contributed by atoms with Gasteiger partial charge in [-0.05, 0) is 80.9 Å². The van der Waals surface area contributed by atoms with Gasteiger partial charge >= 0.3 is 0 Å². The van der Waals surface area contributed by atoms with E-state index >= 15 is 0 Å². The standard InChI is InChI=1S/C27H31N9O2S/c1-18-15-23(32-31-18)29-25-22-5-4-13-36(22)33-27(30-25)39-21-8-6-20(7-9-21)28-24(37)17-34-14-10-19(16-34)26(38)35-11-2-3-12-35/h4-9,13,15,19H,2-3,10-12,14,16-17H2,1H3,(H,28,37)(H2,29,30,31,32,33)/t19-/m1/s1. The average molecular weight is 546 g/mol. The summed E-state index contributed by atoms with van der Waals surface area (Å²) in [6, 6.07) is 13.4. The van der Waals surface area contributed by atoms with Crippen molar-refractivity contribution >= 4 is 46.4 Å². The summed E-state index contributed by atoms with van der Waals surface area (Å²) in [6.45, 7) is 5.41. The van der Waals surface area contributed by atoms with Gasteiger partial charge in [0, 0.05) is 48.2 Å². The smallest absolute Gasteiger partial charge is 0.238 e. The van der Waals surface area contributed by atoms with E-state index in [4.69, 9.17) is 4.98 Å². The molecule has 0 bridgehead atoms. The van der Waals surface area contributed by atoms with Crippen molar-refractivity contribution in [2.45, 2.75) is 36.2 Å². The zero-order valence-electron chi connectivity index (χ0n) is 21.8. The monoisotopic (exact) mass is 545 g/mol. The van der Waals surface area contributed by atoms with Crippen molar-refractivity contribution in [2.24, 2.45) is 5.92 Å². The molecule has 12 heteroatoms. The van der Waals surface area contributed by atoms with Gasteiger partial charge in [0.15, 0.2) is 11.6 Å². The number of anilines is 3. The number of nitrogens with zero attached hydrogens (tertiary/aromatic N) is 6. The van der Waals surface area contributed by atoms with E-state index in [-0.39, 0.29) is 24.3 Å². The first kappa shape index (κ1) is 25.4. The number of aromatic nitrogens is 5. The molecule has 1 atom stereocenters. The molecule has 0 aliphatic carbocycles. The minimum Gasteiger partial charge on any atom is -0.342 e. The summed E-state index contributed by atoms with van der Waals surface area (Å²) >= 11 is 1.43. The van der Waals surface area contributed by atoms with Crippen molar-refractivity contribution in [2.75, 3.05) is 43.4 Å². The zero-order chi connectivity index (χ0) is 26.8. The lowest BCUT2D eigenvalue weighted by Crippen LogP contribution is -2.36. The zero-order valence-corrected chi connectivity index (χ0v) is 22.6. The highest BCUT2D eigenvalue weighted by Gasteiger charge is 2.33. The van der Waals surface area contributed by atoms with Gasteiger partial charge in [-0.1, -0.05) is 0 Å². The van der Waals surface area contributed by atoms with Crippen LogP contribution in [-0.4, -0.2) is 79.1 Å². The van der Waals surface area contributed by atoms with Crippen molar-refractivity contribution in [3.63, 3.8) is 0 Å². The second-order valence-electron chi connectivity index (χ2n) is 10.1. The Bertz CT molecular complexity index is 1480. The number of amides is 2. The Morgan fingerprint density at radius 1 is 1.13 bits per heavy atom. The number of likely N-dealkylation sites (tertiary alicyclic amines) is 2. The Labute approximate surface area is 230 Å². The van der Waals surface area contributed by atoms with Crippen LogP contribution in [0.15, 0.2) is 58.7 Å². The SMILES string of the molecule is Cc1cc(Nc2nc(Sc3ccc(NC(=O)CN4CC[C@@H](C(=O)N5CCCC5)C4)cc3)nn3cccc23)n[nH]1. The Kier molecular flexibility index (Phi) is 7.20. The van der Waals surface area contributed by atoms with Gasteiger partial charge in [-0.3, -0.25) is 19.6 Å². The van der Waals surface area contributed by atoms with Gasteiger partial charge < -0.3 is 15.5 Å². The van der Waals surface area contributed by atoms with Crippen LogP contribution in [-0.2, 0) is 9.59 Å². The lowest BCUT2D eigenvalue weighted by molar-refractivity contribution is -0.134. The van der Waals surface area contributed by atoms with Crippen LogP contribution in [0.2, 0.25) is 0 Å². The number of rotatable bonds is 8. The molecule has 0 saturated carbocycles. The number of carbonyl (C=O) groups excluding carboxylic acids is 2. The first-order chi connectivity index (χ1) is 19.0. The molecule has 0 radical (unpaired) electrons. The average Bonchev–Trinajstić information content (AvgIpc) is 3.73. The summed E-state index contributed by atoms with van der Waals surface area (Å²) in [4.78, 5) is 35.0. The molecular weight excluding hydrogens is 514 g/mol. The molecule has 39 heavy (non-hydrogen) atoms. The van der Waals surface area contributed by atoms with Gasteiger partial charge in [-0.25, -0.2) is 9.50 Å². The lowest BCUT2D eigenvalue weighted by Gasteiger charge is -2.20. The normalized spacial score (nSPS) is 17.7. The van der Waals surface area contributed by atoms with Gasteiger partial charge in [0.05, 0.1) is 12.5 Å². The molecule has 5 heterocycles. The molecule has 3 N–H and O–H groups in total. The summed E-state index contributed by atoms with van der Waals surface area (Å²) in [5.74, 6) is 1.55. The Balaban J connectivity index is 1.04. The van der Waals surface area contributed by atoms with Crippen LogP contribution in [0.4, 0.5) is 17.3 Å². The third-order valence-electron chi connectivity index (χ3n) is 7.08. The van der Waals surface area contributed by atoms with Crippen LogP contribution in [0.1, 0.15) is 25.0 Å². The maximum absolute atomic E-state index is 12.7. The quantitative estimate of drug-likeness (QED) is 0.307. The summed E-state index contributed by atoms with van der Waals surface area (Å²) in [5.41, 5.74) is 2.53. The molecule has 2 saturated heterocycles. The van der Waals surface area contributed by atoms with Crippen LogP contribution >= 0.6 is 11.8 Å². The molecule has 11 nitrogen and oxygen atoms in total. The fourth-order valence-corrected chi connectivity index (χ4v) is 5.89. The number of nitrogens with one attached hydrogen (secondary N) is 3. The summed E-state index contributed by atoms with van der Waals surface area (Å²) < 4.78 is 1.79. The summed E-state index contributed by atoms with van der Waals surface area (Å²) in [5, 5.41) is 18.6. The number of fused-ring (bicyclic) bond motifs is 1. The highest BCUT2D eigenvalue weighted by atomic mass is 32.2. The molecular formula is C27H31N9O2S. The first-order valence-electron chi connectivity index (χ1n) is 13.2. The van der Waals surface area contributed by atoms with E-state index in [1.165, 1.54) is 11.8 Å². The van der Waals surface area contributed by atoms with Gasteiger partial charge in [-0.15, -0.1) is 5.10 Å². The van der Waals surface area contributed by atoms with E-state index < -0.39 is 0 Å². The van der Waals surface area contributed by atoms with E-state index in [1.54, 1.807) is 4.52 Å². The van der Waals surface area contributed by atoms with Gasteiger partial charge in [0.2, 0.25) is 17.0 Å². The van der Waals surface area contributed by atoms with Crippen molar-refractivity contribution in [1.29, 1.82) is 0 Å². The van der Waals surface area contributed by atoms with Gasteiger partial charge in [-0.2, -0.15) is 5.10 Å². The Morgan fingerprint density at radius 3 is 2.72 bits per heavy atom. The van der Waals surface area contributed by atoms with Crippen LogP contribution in [0, 0.1) is 12.8 Å². The molecule has 2 amide bonds. The topological polar surface area (TPSA) is 124 Å². The van der Waals surface area contributed by atoms with E-state index in [0.29, 0.717) is 23.3 Å². The van der Waals surface area contributed by atoms with Gasteiger partial charge in [0.25, 0.3) is 0 Å². The second-order valence-corrected chi connectivity index (χ2v) is 11.1. The van der Waals surface area contributed by atoms with Crippen molar-refractivity contribution in [1.82, 2.24) is 34.6 Å². The number of hydrogen-bond donors (Lipinski definition) is 3. The molecule has 2 aliphatic rings. The highest BCUT2D eigenvalue weighted by molar-refractivity contribution is 7.99. The van der Waals surface area contributed by atoms with Crippen LogP contribution < -0.4 is 10.6 Å². The molecule has 202 valence electrons. The number of hydrogen-bond acceptors (Lipinski definition) is 8. The van der Waals surface area contributed by atoms with Crippen molar-refractivity contribution < 1.29 is 9.59 Å². The largest absolute Gasteiger partial charge is 0.342 e. The summed E-state index contributed by atoms with van der Waals surface area (Å²) in [6.07, 6.45) is 4.90. The number of benzene rings is 1. The lowest BCUT2D eigenvalue weighted by atomic mass is 10.1. The van der Waals surface area contributed by atoms with E-state index in [9.17, 15) is 9.59 Å². The third-order valence-corrected chi connectivity index (χ3v) is 7.94. The summed E-state index contributed by atoms with van der Waals surface area (Å²) in [7, 11) is 0. The van der Waals surface area contributed by atoms with E-state index in [0.717, 1.165) is 60.7 Å². The van der Waals surface area contributed by atoms with Crippen LogP contribution in [0.25, 0.3) is 5.52 Å². The molecule has 0 spiro atoms. The molecule has 0 unspecified atom stereocenters. The predicted octanol–water partition coefficient (Wildman–Crippen LogP) is 3.54. The van der Waals surface area contributed by atoms with E-state index in [1.807, 2.05) is 60.5 Å². The van der Waals surface area contributed by atoms with Crippen molar-refractivity contribution in [3.8, 4) is 0 Å². The Hall–Kier alpha value is -3.90. The number of H-pyrrole nitrogens is 1. The fourth-order valence-electron chi connectivity index (χ4n) is 5.14. The number of aromatic amines is 1.